The molecule has 2 aromatic rings. The number of rotatable bonds is 3. The molecule has 0 N–H and O–H groups in total. The van der Waals surface area contributed by atoms with Crippen molar-refractivity contribution in [1.82, 2.24) is 4.90 Å². The van der Waals surface area contributed by atoms with E-state index in [1.807, 2.05) is 47.5 Å². The summed E-state index contributed by atoms with van der Waals surface area (Å²) in [6, 6.07) is 14.1. The molecule has 1 fully saturated rings. The van der Waals surface area contributed by atoms with Gasteiger partial charge in [0.15, 0.2) is 12.1 Å². The lowest BCUT2D eigenvalue weighted by Crippen LogP contribution is -2.35. The number of amides is 2. The van der Waals surface area contributed by atoms with Crippen LogP contribution in [-0.2, 0) is 4.74 Å². The van der Waals surface area contributed by atoms with Gasteiger partial charge in [0.1, 0.15) is 0 Å². The highest BCUT2D eigenvalue weighted by Crippen LogP contribution is 2.30. The second kappa shape index (κ2) is 8.57. The van der Waals surface area contributed by atoms with E-state index in [-0.39, 0.29) is 12.0 Å². The molecule has 3 heterocycles. The van der Waals surface area contributed by atoms with Crippen LogP contribution in [0.4, 0.5) is 10.5 Å². The van der Waals surface area contributed by atoms with Crippen molar-refractivity contribution in [3.63, 3.8) is 0 Å². The number of likely N-dealkylation sites (tertiary alicyclic amines) is 1. The van der Waals surface area contributed by atoms with Crippen molar-refractivity contribution < 1.29 is 18.9 Å². The predicted octanol–water partition coefficient (Wildman–Crippen LogP) is 3.41. The summed E-state index contributed by atoms with van der Waals surface area (Å²) in [5.74, 6) is 0.985. The van der Waals surface area contributed by atoms with Crippen LogP contribution >= 0.6 is 0 Å². The first-order chi connectivity index (χ1) is 15.6. The van der Waals surface area contributed by atoms with E-state index in [4.69, 9.17) is 4.74 Å². The molecule has 164 valence electrons. The summed E-state index contributed by atoms with van der Waals surface area (Å²) < 4.78 is 6.80. The van der Waals surface area contributed by atoms with Gasteiger partial charge < -0.3 is 14.5 Å². The number of anilines is 1. The van der Waals surface area contributed by atoms with Gasteiger partial charge in [0.05, 0.1) is 24.4 Å². The number of fused-ring (bicyclic) bond motifs is 3. The lowest BCUT2D eigenvalue weighted by molar-refractivity contribution is -0.425. The SMILES string of the molecule is CCOC(=O)[N+]1=Cc2ccc(-c3ccc(C(=O)N4CCCC4)cc3)cc2N2CCN=C2C1. The van der Waals surface area contributed by atoms with Gasteiger partial charge in [-0.15, -0.1) is 4.58 Å². The maximum absolute atomic E-state index is 12.6. The van der Waals surface area contributed by atoms with E-state index in [2.05, 4.69) is 16.0 Å². The lowest BCUT2D eigenvalue weighted by Gasteiger charge is -2.19. The Bertz CT molecular complexity index is 1110. The molecule has 32 heavy (non-hydrogen) atoms. The maximum Gasteiger partial charge on any atom is 0.596 e. The van der Waals surface area contributed by atoms with Crippen LogP contribution in [0.3, 0.4) is 0 Å². The Labute approximate surface area is 187 Å². The van der Waals surface area contributed by atoms with Crippen LogP contribution in [0, 0.1) is 0 Å². The number of aliphatic imine (C=N–C) groups is 1. The van der Waals surface area contributed by atoms with Crippen LogP contribution < -0.4 is 4.90 Å². The zero-order valence-corrected chi connectivity index (χ0v) is 18.3. The summed E-state index contributed by atoms with van der Waals surface area (Å²) in [7, 11) is 0. The fourth-order valence-electron chi connectivity index (χ4n) is 4.55. The van der Waals surface area contributed by atoms with Crippen molar-refractivity contribution in [1.29, 1.82) is 0 Å². The normalized spacial score (nSPS) is 17.3. The van der Waals surface area contributed by atoms with Crippen LogP contribution in [-0.4, -0.2) is 72.9 Å². The largest absolute Gasteiger partial charge is 0.596 e. The van der Waals surface area contributed by atoms with Gasteiger partial charge in [-0.1, -0.05) is 18.2 Å². The molecule has 0 spiro atoms. The average molecular weight is 432 g/mol. The van der Waals surface area contributed by atoms with Gasteiger partial charge in [-0.3, -0.25) is 9.79 Å². The summed E-state index contributed by atoms with van der Waals surface area (Å²) in [5.41, 5.74) is 4.83. The molecular weight excluding hydrogens is 404 g/mol. The quantitative estimate of drug-likeness (QED) is 0.699. The summed E-state index contributed by atoms with van der Waals surface area (Å²) in [5, 5.41) is 0. The number of ether oxygens (including phenoxy) is 1. The zero-order chi connectivity index (χ0) is 22.1. The standard InChI is InChI=1S/C25H27N4O3/c1-2-32-25(31)28-16-21-10-9-20(15-22(21)29-14-11-26-23(29)17-28)18-5-7-19(8-6-18)24(30)27-12-3-4-13-27/h5-10,15-16H,2-4,11-14,17H2,1H3/q+1. The summed E-state index contributed by atoms with van der Waals surface area (Å²) in [6.07, 6.45) is 3.66. The number of carbonyl (C=O) groups excluding carboxylic acids is 2. The molecule has 0 aliphatic carbocycles. The molecule has 5 rings (SSSR count). The van der Waals surface area contributed by atoms with Gasteiger partial charge in [0.25, 0.3) is 5.91 Å². The van der Waals surface area contributed by atoms with Gasteiger partial charge in [-0.25, -0.2) is 0 Å². The van der Waals surface area contributed by atoms with Crippen molar-refractivity contribution in [3.8, 4) is 11.1 Å². The number of carbonyl (C=O) groups is 2. The molecule has 0 bridgehead atoms. The van der Waals surface area contributed by atoms with E-state index in [1.165, 1.54) is 0 Å². The molecule has 7 heteroatoms. The first kappa shape index (κ1) is 20.4. The number of amidine groups is 1. The summed E-state index contributed by atoms with van der Waals surface area (Å²) in [6.45, 7) is 5.74. The van der Waals surface area contributed by atoms with Crippen molar-refractivity contribution in [2.24, 2.45) is 4.99 Å². The second-order valence-electron chi connectivity index (χ2n) is 8.26. The van der Waals surface area contributed by atoms with Crippen LogP contribution in [0.5, 0.6) is 0 Å². The van der Waals surface area contributed by atoms with Gasteiger partial charge in [-0.2, -0.15) is 4.79 Å². The van der Waals surface area contributed by atoms with E-state index in [0.717, 1.165) is 66.3 Å². The molecule has 3 aliphatic rings. The van der Waals surface area contributed by atoms with E-state index in [0.29, 0.717) is 19.7 Å². The Kier molecular flexibility index (Phi) is 5.47. The summed E-state index contributed by atoms with van der Waals surface area (Å²) >= 11 is 0. The predicted molar refractivity (Wildman–Crippen MR) is 124 cm³/mol. The molecule has 2 aromatic carbocycles. The number of benzene rings is 2. The Balaban J connectivity index is 1.46. The molecule has 0 aromatic heterocycles. The van der Waals surface area contributed by atoms with Gasteiger partial charge in [0.2, 0.25) is 6.54 Å². The van der Waals surface area contributed by atoms with Crippen LogP contribution in [0.2, 0.25) is 0 Å². The Morgan fingerprint density at radius 2 is 1.78 bits per heavy atom. The smallest absolute Gasteiger partial charge is 0.412 e. The van der Waals surface area contributed by atoms with E-state index >= 15 is 0 Å². The molecule has 7 nitrogen and oxygen atoms in total. The number of nitrogens with zero attached hydrogens (tertiary/aromatic N) is 4. The third kappa shape index (κ3) is 3.79. The van der Waals surface area contributed by atoms with E-state index in [1.54, 1.807) is 11.5 Å². The van der Waals surface area contributed by atoms with Crippen molar-refractivity contribution in [2.75, 3.05) is 44.2 Å². The van der Waals surface area contributed by atoms with Gasteiger partial charge >= 0.3 is 6.09 Å². The minimum Gasteiger partial charge on any atom is -0.412 e. The Morgan fingerprint density at radius 3 is 2.53 bits per heavy atom. The topological polar surface area (TPSA) is 65.2 Å². The van der Waals surface area contributed by atoms with Crippen LogP contribution in [0.1, 0.15) is 35.7 Å². The first-order valence-electron chi connectivity index (χ1n) is 11.3. The van der Waals surface area contributed by atoms with E-state index < -0.39 is 0 Å². The highest BCUT2D eigenvalue weighted by molar-refractivity contribution is 6.06. The average Bonchev–Trinajstić information content (AvgIpc) is 3.49. The molecule has 3 aliphatic heterocycles. The van der Waals surface area contributed by atoms with E-state index in [9.17, 15) is 9.59 Å². The van der Waals surface area contributed by atoms with Crippen LogP contribution in [0.25, 0.3) is 11.1 Å². The van der Waals surface area contributed by atoms with Crippen LogP contribution in [0.15, 0.2) is 47.5 Å². The van der Waals surface area contributed by atoms with Gasteiger partial charge in [0, 0.05) is 25.2 Å². The second-order valence-corrected chi connectivity index (χ2v) is 8.26. The monoisotopic (exact) mass is 431 g/mol. The molecule has 0 radical (unpaired) electrons. The number of hydrogen-bond acceptors (Lipinski definition) is 5. The van der Waals surface area contributed by atoms with Crippen molar-refractivity contribution in [3.05, 3.63) is 53.6 Å². The molecule has 1 saturated heterocycles. The third-order valence-electron chi connectivity index (χ3n) is 6.22. The third-order valence-corrected chi connectivity index (χ3v) is 6.22. The Morgan fingerprint density at radius 1 is 1.03 bits per heavy atom. The zero-order valence-electron chi connectivity index (χ0n) is 18.3. The molecular formula is C25H27N4O3+. The molecule has 0 saturated carbocycles. The number of hydrogen-bond donors (Lipinski definition) is 0. The fraction of sp³-hybridized carbons (Fsp3) is 0.360. The Hall–Kier alpha value is -3.48. The lowest BCUT2D eigenvalue weighted by atomic mass is 10.0. The van der Waals surface area contributed by atoms with Crippen molar-refractivity contribution >= 4 is 29.7 Å². The molecule has 2 amide bonds. The highest BCUT2D eigenvalue weighted by atomic mass is 16.5. The summed E-state index contributed by atoms with van der Waals surface area (Å²) in [4.78, 5) is 33.7. The minimum atomic E-state index is -0.364. The van der Waals surface area contributed by atoms with Gasteiger partial charge in [-0.05, 0) is 55.2 Å². The first-order valence-corrected chi connectivity index (χ1v) is 11.3. The maximum atomic E-state index is 12.6. The van der Waals surface area contributed by atoms with Crippen molar-refractivity contribution in [2.45, 2.75) is 19.8 Å². The highest BCUT2D eigenvalue weighted by Gasteiger charge is 2.32. The molecule has 0 unspecified atom stereocenters. The minimum absolute atomic E-state index is 0.113. The fourth-order valence-corrected chi connectivity index (χ4v) is 4.55. The molecule has 0 atom stereocenters.